The zero-order valence-electron chi connectivity index (χ0n) is 16.7. The van der Waals surface area contributed by atoms with Crippen LogP contribution in [0.15, 0.2) is 59.9 Å². The van der Waals surface area contributed by atoms with Gasteiger partial charge in [-0.3, -0.25) is 9.59 Å². The summed E-state index contributed by atoms with van der Waals surface area (Å²) in [6.07, 6.45) is 2.29. The Morgan fingerprint density at radius 3 is 2.83 bits per heavy atom. The number of amides is 2. The number of hydrogen-bond donors (Lipinski definition) is 1. The average Bonchev–Trinajstić information content (AvgIpc) is 3.44. The van der Waals surface area contributed by atoms with Crippen molar-refractivity contribution in [2.45, 2.75) is 25.0 Å². The first-order valence-electron chi connectivity index (χ1n) is 10.0. The Kier molecular flexibility index (Phi) is 4.83. The van der Waals surface area contributed by atoms with E-state index in [1.165, 1.54) is 0 Å². The van der Waals surface area contributed by atoms with Crippen molar-refractivity contribution in [1.29, 1.82) is 0 Å². The molecule has 1 N–H and O–H groups in total. The summed E-state index contributed by atoms with van der Waals surface area (Å²) in [6.45, 7) is 3.39. The number of benzene rings is 2. The standard InChI is InChI=1S/C23H22N4O2S/c1-15-5-7-19(8-6-15)27-13-17(12-21(27)28)22(29)24-18-4-2-3-16(11-18)20-14-26-9-10-30-23(26)25-20/h2-8,11,14,17H,9-10,12-13H2,1H3,(H,24,29). The molecule has 0 saturated carbocycles. The number of nitrogens with zero attached hydrogens (tertiary/aromatic N) is 3. The van der Waals surface area contributed by atoms with E-state index in [0.717, 1.165) is 45.6 Å². The van der Waals surface area contributed by atoms with Gasteiger partial charge in [-0.05, 0) is 31.2 Å². The molecule has 1 unspecified atom stereocenters. The number of rotatable bonds is 4. The molecule has 1 atom stereocenters. The van der Waals surface area contributed by atoms with E-state index >= 15 is 0 Å². The number of aryl methyl sites for hydroxylation is 2. The van der Waals surface area contributed by atoms with Crippen LogP contribution in [-0.2, 0) is 16.1 Å². The van der Waals surface area contributed by atoms with Crippen molar-refractivity contribution in [2.24, 2.45) is 5.92 Å². The third-order valence-corrected chi connectivity index (χ3v) is 6.54. The maximum atomic E-state index is 12.8. The van der Waals surface area contributed by atoms with Crippen molar-refractivity contribution in [2.75, 3.05) is 22.5 Å². The number of nitrogens with one attached hydrogen (secondary N) is 1. The fraction of sp³-hybridized carbons (Fsp3) is 0.261. The molecule has 2 amide bonds. The van der Waals surface area contributed by atoms with Gasteiger partial charge in [-0.1, -0.05) is 41.6 Å². The lowest BCUT2D eigenvalue weighted by Crippen LogP contribution is -2.28. The Hall–Kier alpha value is -3.06. The second-order valence-corrected chi connectivity index (χ2v) is 8.82. The highest BCUT2D eigenvalue weighted by Crippen LogP contribution is 2.30. The molecule has 0 bridgehead atoms. The molecule has 0 spiro atoms. The second kappa shape index (κ2) is 7.65. The number of aromatic nitrogens is 2. The van der Waals surface area contributed by atoms with Gasteiger partial charge < -0.3 is 14.8 Å². The first-order chi connectivity index (χ1) is 14.6. The van der Waals surface area contributed by atoms with Gasteiger partial charge in [-0.25, -0.2) is 4.98 Å². The van der Waals surface area contributed by atoms with Crippen molar-refractivity contribution in [3.8, 4) is 11.3 Å². The summed E-state index contributed by atoms with van der Waals surface area (Å²) in [6, 6.07) is 15.5. The highest BCUT2D eigenvalue weighted by molar-refractivity contribution is 7.99. The maximum Gasteiger partial charge on any atom is 0.229 e. The maximum absolute atomic E-state index is 12.8. The molecule has 7 heteroatoms. The monoisotopic (exact) mass is 418 g/mol. The molecule has 6 nitrogen and oxygen atoms in total. The molecule has 5 rings (SSSR count). The highest BCUT2D eigenvalue weighted by Gasteiger charge is 2.35. The number of carbonyl (C=O) groups is 2. The summed E-state index contributed by atoms with van der Waals surface area (Å²) in [7, 11) is 0. The smallest absolute Gasteiger partial charge is 0.229 e. The summed E-state index contributed by atoms with van der Waals surface area (Å²) in [5, 5.41) is 4.03. The molecule has 0 radical (unpaired) electrons. The highest BCUT2D eigenvalue weighted by atomic mass is 32.2. The molecule has 0 aliphatic carbocycles. The second-order valence-electron chi connectivity index (χ2n) is 7.76. The van der Waals surface area contributed by atoms with Gasteiger partial charge in [0.1, 0.15) is 0 Å². The van der Waals surface area contributed by atoms with Crippen molar-refractivity contribution >= 4 is 35.0 Å². The van der Waals surface area contributed by atoms with Gasteiger partial charge in [0, 0.05) is 48.4 Å². The van der Waals surface area contributed by atoms with Crippen molar-refractivity contribution in [3.63, 3.8) is 0 Å². The quantitative estimate of drug-likeness (QED) is 0.697. The first-order valence-corrected chi connectivity index (χ1v) is 11.0. The topological polar surface area (TPSA) is 67.2 Å². The number of anilines is 2. The van der Waals surface area contributed by atoms with Crippen LogP contribution in [0.5, 0.6) is 0 Å². The molecule has 152 valence electrons. The largest absolute Gasteiger partial charge is 0.326 e. The van der Waals surface area contributed by atoms with Gasteiger partial charge >= 0.3 is 0 Å². The van der Waals surface area contributed by atoms with Gasteiger partial charge in [0.15, 0.2) is 5.16 Å². The third-order valence-electron chi connectivity index (χ3n) is 5.57. The molecule has 3 heterocycles. The molecule has 1 aromatic heterocycles. The van der Waals surface area contributed by atoms with Gasteiger partial charge in [0.2, 0.25) is 11.8 Å². The molecule has 2 aliphatic rings. The van der Waals surface area contributed by atoms with E-state index in [1.807, 2.05) is 55.5 Å². The number of imidazole rings is 1. The Balaban J connectivity index is 1.28. The van der Waals surface area contributed by atoms with Gasteiger partial charge in [-0.2, -0.15) is 0 Å². The fourth-order valence-corrected chi connectivity index (χ4v) is 4.85. The zero-order chi connectivity index (χ0) is 20.7. The first kappa shape index (κ1) is 18.9. The van der Waals surface area contributed by atoms with Crippen LogP contribution < -0.4 is 10.2 Å². The molecule has 2 aliphatic heterocycles. The van der Waals surface area contributed by atoms with E-state index < -0.39 is 0 Å². The lowest BCUT2D eigenvalue weighted by Gasteiger charge is -2.17. The predicted octanol–water partition coefficient (Wildman–Crippen LogP) is 3.96. The van der Waals surface area contributed by atoms with Crippen molar-refractivity contribution < 1.29 is 9.59 Å². The molecule has 3 aromatic rings. The van der Waals surface area contributed by atoms with Crippen molar-refractivity contribution in [3.05, 3.63) is 60.3 Å². The molecule has 1 saturated heterocycles. The van der Waals surface area contributed by atoms with Crippen LogP contribution in [0.3, 0.4) is 0 Å². The van der Waals surface area contributed by atoms with E-state index in [9.17, 15) is 9.59 Å². The Morgan fingerprint density at radius 2 is 2.03 bits per heavy atom. The summed E-state index contributed by atoms with van der Waals surface area (Å²) in [5.74, 6) is 0.560. The minimum absolute atomic E-state index is 0.0159. The zero-order valence-corrected chi connectivity index (χ0v) is 17.5. The summed E-state index contributed by atoms with van der Waals surface area (Å²) in [4.78, 5) is 31.7. The summed E-state index contributed by atoms with van der Waals surface area (Å²) in [5.41, 5.74) is 4.59. The van der Waals surface area contributed by atoms with Crippen molar-refractivity contribution in [1.82, 2.24) is 9.55 Å². The van der Waals surface area contributed by atoms with Gasteiger partial charge in [0.05, 0.1) is 11.6 Å². The molecule has 1 fully saturated rings. The molecular weight excluding hydrogens is 396 g/mol. The fourth-order valence-electron chi connectivity index (χ4n) is 3.91. The molecule has 30 heavy (non-hydrogen) atoms. The van der Waals surface area contributed by atoms with E-state index in [1.54, 1.807) is 16.7 Å². The minimum atomic E-state index is -0.365. The number of thioether (sulfide) groups is 1. The van der Waals surface area contributed by atoms with E-state index in [-0.39, 0.29) is 24.2 Å². The van der Waals surface area contributed by atoms with Gasteiger partial charge in [-0.15, -0.1) is 0 Å². The van der Waals surface area contributed by atoms with Crippen LogP contribution in [0.2, 0.25) is 0 Å². The van der Waals surface area contributed by atoms with Crippen LogP contribution in [0.1, 0.15) is 12.0 Å². The Labute approximate surface area is 179 Å². The molecular formula is C23H22N4O2S. The van der Waals surface area contributed by atoms with Crippen LogP contribution in [-0.4, -0.2) is 33.7 Å². The molecule has 2 aromatic carbocycles. The van der Waals surface area contributed by atoms with E-state index in [4.69, 9.17) is 0 Å². The Bertz CT molecular complexity index is 1100. The van der Waals surface area contributed by atoms with Crippen LogP contribution in [0, 0.1) is 12.8 Å². The summed E-state index contributed by atoms with van der Waals surface area (Å²) >= 11 is 1.76. The lowest BCUT2D eigenvalue weighted by molar-refractivity contribution is -0.122. The van der Waals surface area contributed by atoms with Crippen LogP contribution in [0.25, 0.3) is 11.3 Å². The third kappa shape index (κ3) is 3.61. The lowest BCUT2D eigenvalue weighted by atomic mass is 10.1. The van der Waals surface area contributed by atoms with Crippen LogP contribution in [0.4, 0.5) is 11.4 Å². The number of hydrogen-bond acceptors (Lipinski definition) is 4. The van der Waals surface area contributed by atoms with Crippen LogP contribution >= 0.6 is 11.8 Å². The summed E-state index contributed by atoms with van der Waals surface area (Å²) < 4.78 is 2.16. The predicted molar refractivity (Wildman–Crippen MR) is 119 cm³/mol. The van der Waals surface area contributed by atoms with E-state index in [0.29, 0.717) is 6.54 Å². The SMILES string of the molecule is Cc1ccc(N2CC(C(=O)Nc3cccc(-c4cn5c(n4)SCC5)c3)CC2=O)cc1. The number of fused-ring (bicyclic) bond motifs is 1. The number of carbonyl (C=O) groups excluding carboxylic acids is 2. The van der Waals surface area contributed by atoms with Gasteiger partial charge in [0.25, 0.3) is 0 Å². The average molecular weight is 419 g/mol. The van der Waals surface area contributed by atoms with E-state index in [2.05, 4.69) is 21.1 Å². The normalized spacial score (nSPS) is 18.0. The Morgan fingerprint density at radius 1 is 1.20 bits per heavy atom. The minimum Gasteiger partial charge on any atom is -0.326 e.